The molecule has 3 amide bonds. The molecule has 0 N–H and O–H groups in total. The zero-order valence-corrected chi connectivity index (χ0v) is 72.1. The van der Waals surface area contributed by atoms with E-state index in [0.717, 1.165) is 94.9 Å². The van der Waals surface area contributed by atoms with Gasteiger partial charge in [-0.25, -0.2) is 64.8 Å². The van der Waals surface area contributed by atoms with Gasteiger partial charge in [0, 0.05) is 159 Å². The highest BCUT2D eigenvalue weighted by molar-refractivity contribution is 6.36. The van der Waals surface area contributed by atoms with E-state index >= 15 is 13.2 Å². The summed E-state index contributed by atoms with van der Waals surface area (Å²) in [6, 6.07) is 11.9. The number of hydrogen-bond acceptors (Lipinski definition) is 19. The SMILES string of the molecule is [C-]#[N+]C[C@H]1CN(c2nc(=O)n3c4c(c(-c5ccc(F)cc5F)c(Cl)cc24)OCC3CN2CCC2)CCN1C(=O)/C=C/CN(C)C.[C-]#[N+]C[C@H]1CN(c2nc(=O)n3c4c(c(-c5ccc(F)cc5F)c(Cl)cc24)OCC3CN2CCC2)CCN1C(=O)C(=C)F.[C-]#[N+]C[C@H]1CN(c2nc(=O)n3c4c(c(-c5ccc(F)cc5F)c(Cl)cc24)OCC3CN2CCC2)CCN1C(=O)C=C. The van der Waals surface area contributed by atoms with Gasteiger partial charge >= 0.3 is 17.1 Å². The third kappa shape index (κ3) is 17.5. The summed E-state index contributed by atoms with van der Waals surface area (Å²) in [6.45, 7) is 39.6. The summed E-state index contributed by atoms with van der Waals surface area (Å²) in [5, 5.41) is 1.97. The fraction of sp³-hybridized carbons (Fsp3) is 0.400. The molecular formula is C90H87Cl3F7N19O9. The Labute approximate surface area is 745 Å². The summed E-state index contributed by atoms with van der Waals surface area (Å²) in [7, 11) is 3.82. The van der Waals surface area contributed by atoms with Crippen molar-refractivity contribution in [2.75, 3.05) is 193 Å². The zero-order chi connectivity index (χ0) is 90.4. The summed E-state index contributed by atoms with van der Waals surface area (Å²) in [5.41, 5.74) is 0.544. The van der Waals surface area contributed by atoms with E-state index in [2.05, 4.69) is 57.3 Å². The smallest absolute Gasteiger partial charge is 0.350 e. The van der Waals surface area contributed by atoms with E-state index < -0.39 is 81.8 Å². The number of carbonyl (C=O) groups is 3. The molecule has 128 heavy (non-hydrogen) atoms. The van der Waals surface area contributed by atoms with Crippen LogP contribution in [0.5, 0.6) is 17.2 Å². The molecule has 6 saturated heterocycles. The highest BCUT2D eigenvalue weighted by atomic mass is 35.5. The van der Waals surface area contributed by atoms with Gasteiger partial charge in [-0.1, -0.05) is 54.0 Å². The molecule has 9 aliphatic heterocycles. The van der Waals surface area contributed by atoms with Gasteiger partial charge in [0.25, 0.3) is 5.91 Å². The maximum absolute atomic E-state index is 15.1. The second-order valence-corrected chi connectivity index (χ2v) is 34.2. The van der Waals surface area contributed by atoms with Crippen molar-refractivity contribution < 1.29 is 59.3 Å². The van der Waals surface area contributed by atoms with Crippen LogP contribution >= 0.6 is 34.8 Å². The topological polar surface area (TPSA) is 229 Å². The van der Waals surface area contributed by atoms with Gasteiger partial charge in [0.05, 0.1) is 49.7 Å². The Kier molecular flexibility index (Phi) is 26.3. The third-order valence-corrected chi connectivity index (χ3v) is 25.6. The number of likely N-dealkylation sites (N-methyl/N-ethyl adjacent to an activating group) is 1. The van der Waals surface area contributed by atoms with Crippen LogP contribution in [0.25, 0.3) is 80.6 Å². The molecule has 12 heterocycles. The molecular weight excluding hydrogens is 1730 g/mol. The lowest BCUT2D eigenvalue weighted by Gasteiger charge is -2.40. The number of nitrogens with zero attached hydrogens (tertiary/aromatic N) is 19. The van der Waals surface area contributed by atoms with Gasteiger partial charge in [0.1, 0.15) is 90.3 Å². The van der Waals surface area contributed by atoms with Gasteiger partial charge in [0.15, 0.2) is 23.1 Å². The molecule has 3 unspecified atom stereocenters. The van der Waals surface area contributed by atoms with Crippen molar-refractivity contribution in [2.45, 2.75) is 55.5 Å². The highest BCUT2D eigenvalue weighted by Gasteiger charge is 2.43. The Bertz CT molecular complexity index is 6350. The molecule has 9 aromatic rings. The summed E-state index contributed by atoms with van der Waals surface area (Å²) < 4.78 is 124. The fourth-order valence-electron chi connectivity index (χ4n) is 18.2. The molecule has 6 aromatic carbocycles. The Morgan fingerprint density at radius 1 is 0.477 bits per heavy atom. The van der Waals surface area contributed by atoms with Crippen molar-refractivity contribution >= 4 is 103 Å². The molecule has 0 bridgehead atoms. The normalized spacial score (nSPS) is 20.2. The van der Waals surface area contributed by atoms with Crippen LogP contribution in [-0.4, -0.2) is 277 Å². The third-order valence-electron chi connectivity index (χ3n) is 24.7. The lowest BCUT2D eigenvalue weighted by Crippen LogP contribution is -2.57. The minimum Gasteiger partial charge on any atom is -0.488 e. The van der Waals surface area contributed by atoms with Gasteiger partial charge in [-0.05, 0) is 133 Å². The number of hydrogen-bond donors (Lipinski definition) is 0. The number of amides is 3. The largest absolute Gasteiger partial charge is 0.488 e. The van der Waals surface area contributed by atoms with Gasteiger partial charge in [-0.3, -0.25) is 28.1 Å². The van der Waals surface area contributed by atoms with Crippen LogP contribution in [0.15, 0.2) is 124 Å². The van der Waals surface area contributed by atoms with Crippen LogP contribution in [0.1, 0.15) is 37.4 Å². The molecule has 0 radical (unpaired) electrons. The molecule has 6 atom stereocenters. The summed E-state index contributed by atoms with van der Waals surface area (Å²) in [6.07, 6.45) is 7.78. The molecule has 38 heteroatoms. The van der Waals surface area contributed by atoms with Gasteiger partial charge < -0.3 is 77.7 Å². The molecule has 0 saturated carbocycles. The Hall–Kier alpha value is -12.1. The first kappa shape index (κ1) is 89.3. The number of piperazine rings is 3. The van der Waals surface area contributed by atoms with E-state index in [1.54, 1.807) is 52.7 Å². The molecule has 9 aliphatic rings. The van der Waals surface area contributed by atoms with Crippen LogP contribution in [0, 0.1) is 54.6 Å². The number of anilines is 3. The molecule has 6 fully saturated rings. The summed E-state index contributed by atoms with van der Waals surface area (Å²) in [4.78, 5) is 122. The maximum atomic E-state index is 15.1. The van der Waals surface area contributed by atoms with Crippen LogP contribution in [-0.2, 0) is 14.4 Å². The van der Waals surface area contributed by atoms with Crippen molar-refractivity contribution in [3.63, 3.8) is 0 Å². The number of carbonyl (C=O) groups excluding carboxylic acids is 3. The standard InChI is InChI=1S/C32H34ClF2N7O3.C29H26ClF3N6O3.C29H27ClF2N6O3/c1-36-16-21-18-40(12-13-41(21)27(43)6-4-9-38(2)3)31-24-15-25(33)28(23-8-7-20(34)14-26(23)35)30-29(24)42(32(44)37-31)22(19-45-30)17-39-10-5-11-39;1-16(31)28(40)38-9-8-37(14-18(38)12-34-2)27-21-11-22(30)24(20-5-4-17(32)10-23(20)33)26-25(21)39(29(41)35-27)19(15-42-26)13-36-6-3-7-36;1-3-24(39)37-10-9-36(15-18(37)13-33-2)28-21-12-22(30)25(20-6-5-17(31)11-23(20)32)27-26(21)38(29(40)34-28)19(16-41-27)14-35-7-4-8-35/h4,6-8,14-15,21-22H,5,9-13,16-19H2,2-3H3;4-5,10-11,18-19H,1,3,6-9,12-15H2;3,5-6,11-12,18-19H,1,4,7-10,13-16H2/b6-4+;;/t21-,22?;2*18-,19?/m000/s1. The Morgan fingerprint density at radius 3 is 1.09 bits per heavy atom. The van der Waals surface area contributed by atoms with Gasteiger partial charge in [0.2, 0.25) is 31.4 Å². The first-order valence-electron chi connectivity index (χ1n) is 41.9. The maximum Gasteiger partial charge on any atom is 0.350 e. The molecule has 3 aromatic heterocycles. The van der Waals surface area contributed by atoms with Crippen LogP contribution in [0.3, 0.4) is 0 Å². The fourth-order valence-corrected chi connectivity index (χ4v) is 19.1. The predicted molar refractivity (Wildman–Crippen MR) is 472 cm³/mol. The van der Waals surface area contributed by atoms with Crippen LogP contribution < -0.4 is 46.0 Å². The average molecular weight is 1820 g/mol. The van der Waals surface area contributed by atoms with E-state index in [0.29, 0.717) is 96.7 Å². The predicted octanol–water partition coefficient (Wildman–Crippen LogP) is 11.5. The molecule has 0 aliphatic carbocycles. The monoisotopic (exact) mass is 1820 g/mol. The van der Waals surface area contributed by atoms with Crippen molar-refractivity contribution in [1.82, 2.24) is 63.0 Å². The summed E-state index contributed by atoms with van der Waals surface area (Å²) in [5.74, 6) is -5.45. The lowest BCUT2D eigenvalue weighted by atomic mass is 9.99. The van der Waals surface area contributed by atoms with Crippen molar-refractivity contribution in [2.24, 2.45) is 0 Å². The lowest BCUT2D eigenvalue weighted by molar-refractivity contribution is -0.131. The minimum atomic E-state index is -1.12. The van der Waals surface area contributed by atoms with E-state index in [1.807, 2.05) is 28.8 Å². The molecule has 18 rings (SSSR count). The van der Waals surface area contributed by atoms with Crippen molar-refractivity contribution in [3.8, 4) is 50.6 Å². The van der Waals surface area contributed by atoms with Crippen molar-refractivity contribution in [1.29, 1.82) is 0 Å². The number of rotatable bonds is 20. The first-order valence-corrected chi connectivity index (χ1v) is 43.0. The average Bonchev–Trinajstić information content (AvgIpc) is 0.727. The van der Waals surface area contributed by atoms with E-state index in [1.165, 1.54) is 35.3 Å². The second-order valence-electron chi connectivity index (χ2n) is 33.0. The molecule has 0 spiro atoms. The summed E-state index contributed by atoms with van der Waals surface area (Å²) >= 11 is 20.4. The van der Waals surface area contributed by atoms with E-state index in [9.17, 15) is 46.3 Å². The number of likely N-dealkylation sites (tertiary alicyclic amines) is 3. The number of aromatic nitrogens is 6. The number of ether oxygens (including phenoxy) is 3. The first-order chi connectivity index (χ1) is 61.6. The van der Waals surface area contributed by atoms with Crippen LogP contribution in [0.4, 0.5) is 48.2 Å². The molecule has 28 nitrogen and oxygen atoms in total. The Balaban J connectivity index is 0.000000141. The van der Waals surface area contributed by atoms with Gasteiger partial charge in [-0.2, -0.15) is 15.0 Å². The van der Waals surface area contributed by atoms with Gasteiger partial charge in [-0.15, -0.1) is 0 Å². The zero-order valence-electron chi connectivity index (χ0n) is 69.8. The van der Waals surface area contributed by atoms with Crippen molar-refractivity contribution in [3.05, 3.63) is 226 Å². The quantitative estimate of drug-likeness (QED) is 0.0392. The van der Waals surface area contributed by atoms with Crippen LogP contribution in [0.2, 0.25) is 15.1 Å². The van der Waals surface area contributed by atoms with E-state index in [-0.39, 0.29) is 174 Å². The minimum absolute atomic E-state index is 0.0209. The molecule has 666 valence electrons. The van der Waals surface area contributed by atoms with E-state index in [4.69, 9.17) is 68.7 Å². The number of benzene rings is 6. The second kappa shape index (κ2) is 37.7. The number of halogens is 10. The Morgan fingerprint density at radius 2 is 0.797 bits per heavy atom. The highest BCUT2D eigenvalue weighted by Crippen LogP contribution is 2.52.